The molecule has 3 aliphatic heterocycles. The Morgan fingerprint density at radius 3 is 2.40 bits per heavy atom. The normalized spacial score (nSPS) is 19.8. The van der Waals surface area contributed by atoms with Gasteiger partial charge in [0.15, 0.2) is 0 Å². The molecule has 9 nitrogen and oxygen atoms in total. The van der Waals surface area contributed by atoms with Crippen LogP contribution in [-0.2, 0) is 19.6 Å². The van der Waals surface area contributed by atoms with Crippen molar-refractivity contribution in [2.24, 2.45) is 5.92 Å². The number of pyridine rings is 2. The number of aryl methyl sites for hydroxylation is 1. The molecule has 2 unspecified atom stereocenters. The van der Waals surface area contributed by atoms with Crippen molar-refractivity contribution in [2.45, 2.75) is 66.2 Å². The lowest BCUT2D eigenvalue weighted by atomic mass is 9.99. The minimum absolute atomic E-state index is 0.128. The van der Waals surface area contributed by atoms with Crippen molar-refractivity contribution in [2.75, 3.05) is 60.5 Å². The number of allylic oxidation sites excluding steroid dienone is 1. The summed E-state index contributed by atoms with van der Waals surface area (Å²) in [6.45, 7) is 18.0. The molecule has 11 heteroatoms. The standard InChI is InChI=1S/C41H51F2N9/c1-8-28-20-48(6)22-31(9-2)51(25-44-38-12-10-11-36(46-38)33-18-30(43)17-27(5)39(33)50(21-28)26(3)4)41-34-19-45-52(32-15-13-29(42)14-16-32)40(34)35-23-49(7)24-37(35)47-41/h10-18,28,31,45H,3,8-9,19-25H2,1-2,4-7H3,(H,44,46). The molecule has 2 N–H and O–H groups in total. The average molecular weight is 708 g/mol. The van der Waals surface area contributed by atoms with Gasteiger partial charge in [0.25, 0.3) is 0 Å². The highest BCUT2D eigenvalue weighted by Gasteiger charge is 2.36. The molecule has 4 aromatic rings. The van der Waals surface area contributed by atoms with E-state index in [-0.39, 0.29) is 17.7 Å². The van der Waals surface area contributed by atoms with E-state index in [4.69, 9.17) is 9.97 Å². The Morgan fingerprint density at radius 1 is 0.885 bits per heavy atom. The van der Waals surface area contributed by atoms with Crippen LogP contribution in [0.1, 0.15) is 56.0 Å². The van der Waals surface area contributed by atoms with Gasteiger partial charge in [-0.1, -0.05) is 32.9 Å². The molecule has 2 aromatic carbocycles. The Balaban J connectivity index is 1.35. The van der Waals surface area contributed by atoms with E-state index in [1.165, 1.54) is 17.7 Å². The van der Waals surface area contributed by atoms with Crippen LogP contribution in [-0.4, -0.2) is 66.2 Å². The van der Waals surface area contributed by atoms with Crippen molar-refractivity contribution in [1.29, 1.82) is 0 Å². The largest absolute Gasteiger partial charge is 0.353 e. The van der Waals surface area contributed by atoms with Gasteiger partial charge in [-0.2, -0.15) is 0 Å². The van der Waals surface area contributed by atoms with E-state index >= 15 is 4.39 Å². The van der Waals surface area contributed by atoms with E-state index in [0.29, 0.717) is 30.6 Å². The number of hydrazine groups is 1. The number of hydrogen-bond acceptors (Lipinski definition) is 9. The first-order chi connectivity index (χ1) is 25.0. The summed E-state index contributed by atoms with van der Waals surface area (Å²) in [5, 5.41) is 5.76. The molecule has 0 saturated heterocycles. The van der Waals surface area contributed by atoms with Gasteiger partial charge in [0.1, 0.15) is 23.3 Å². The molecule has 274 valence electrons. The van der Waals surface area contributed by atoms with Crippen molar-refractivity contribution < 1.29 is 8.78 Å². The molecule has 0 saturated carbocycles. The average Bonchev–Trinajstić information content (AvgIpc) is 3.72. The molecule has 3 aliphatic rings. The maximum atomic E-state index is 15.1. The zero-order valence-electron chi connectivity index (χ0n) is 31.3. The predicted octanol–water partition coefficient (Wildman–Crippen LogP) is 7.80. The fourth-order valence-electron chi connectivity index (χ4n) is 8.13. The van der Waals surface area contributed by atoms with Crippen molar-refractivity contribution in [3.05, 3.63) is 101 Å². The Kier molecular flexibility index (Phi) is 10.2. The maximum absolute atomic E-state index is 15.1. The number of benzene rings is 2. The van der Waals surface area contributed by atoms with E-state index in [2.05, 4.69) is 69.9 Å². The Morgan fingerprint density at radius 2 is 1.67 bits per heavy atom. The number of halogens is 2. The van der Waals surface area contributed by atoms with Crippen LogP contribution in [0, 0.1) is 24.5 Å². The van der Waals surface area contributed by atoms with E-state index in [1.54, 1.807) is 12.1 Å². The highest BCUT2D eigenvalue weighted by atomic mass is 19.1. The number of nitrogens with one attached hydrogen (secondary N) is 2. The number of anilines is 5. The Bertz CT molecular complexity index is 1950. The molecular formula is C41H51F2N9. The van der Waals surface area contributed by atoms with Crippen LogP contribution in [0.3, 0.4) is 0 Å². The molecule has 52 heavy (non-hydrogen) atoms. The maximum Gasteiger partial charge on any atom is 0.137 e. The number of fused-ring (bicyclic) bond motifs is 7. The van der Waals surface area contributed by atoms with Gasteiger partial charge in [-0.15, -0.1) is 0 Å². The van der Waals surface area contributed by atoms with Gasteiger partial charge >= 0.3 is 0 Å². The summed E-state index contributed by atoms with van der Waals surface area (Å²) in [6, 6.07) is 15.9. The van der Waals surface area contributed by atoms with Gasteiger partial charge in [0, 0.05) is 67.7 Å². The Labute approximate surface area is 306 Å². The fourth-order valence-corrected chi connectivity index (χ4v) is 8.13. The van der Waals surface area contributed by atoms with Crippen LogP contribution in [0.2, 0.25) is 0 Å². The summed E-state index contributed by atoms with van der Waals surface area (Å²) in [5.41, 5.74) is 13.2. The molecule has 5 heterocycles. The highest BCUT2D eigenvalue weighted by molar-refractivity contribution is 5.81. The number of hydrogen-bond donors (Lipinski definition) is 2. The molecular weight excluding hydrogens is 657 g/mol. The zero-order chi connectivity index (χ0) is 36.7. The summed E-state index contributed by atoms with van der Waals surface area (Å²) >= 11 is 0. The Hall–Kier alpha value is -4.58. The second kappa shape index (κ2) is 14.8. The zero-order valence-corrected chi connectivity index (χ0v) is 31.3. The molecule has 0 spiro atoms. The number of rotatable bonds is 5. The number of likely N-dealkylation sites (N-methyl/N-ethyl adjacent to an activating group) is 1. The van der Waals surface area contributed by atoms with Gasteiger partial charge in [-0.3, -0.25) is 9.91 Å². The van der Waals surface area contributed by atoms with Crippen molar-refractivity contribution in [1.82, 2.24) is 25.2 Å². The molecule has 2 aromatic heterocycles. The third-order valence-electron chi connectivity index (χ3n) is 10.7. The minimum atomic E-state index is -0.287. The van der Waals surface area contributed by atoms with Crippen molar-refractivity contribution >= 4 is 28.7 Å². The fraction of sp³-hybridized carbons (Fsp3) is 0.415. The third kappa shape index (κ3) is 6.97. The summed E-state index contributed by atoms with van der Waals surface area (Å²) in [6.07, 6.45) is 1.89. The van der Waals surface area contributed by atoms with Gasteiger partial charge < -0.3 is 20.0 Å². The van der Waals surface area contributed by atoms with E-state index < -0.39 is 0 Å². The lowest BCUT2D eigenvalue weighted by molar-refractivity contribution is 0.253. The predicted molar refractivity (Wildman–Crippen MR) is 208 cm³/mol. The molecule has 2 atom stereocenters. The van der Waals surface area contributed by atoms with Crippen LogP contribution >= 0.6 is 0 Å². The summed E-state index contributed by atoms with van der Waals surface area (Å²) in [7, 11) is 4.34. The van der Waals surface area contributed by atoms with Gasteiger partial charge in [-0.25, -0.2) is 24.2 Å². The molecule has 2 bridgehead atoms. The van der Waals surface area contributed by atoms with Crippen molar-refractivity contribution in [3.63, 3.8) is 0 Å². The van der Waals surface area contributed by atoms with Gasteiger partial charge in [0.2, 0.25) is 0 Å². The topological polar surface area (TPSA) is 66.0 Å². The first-order valence-electron chi connectivity index (χ1n) is 18.5. The van der Waals surface area contributed by atoms with Crippen LogP contribution in [0.5, 0.6) is 0 Å². The highest BCUT2D eigenvalue weighted by Crippen LogP contribution is 2.44. The number of nitrogens with zero attached hydrogens (tertiary/aromatic N) is 7. The first-order valence-corrected chi connectivity index (χ1v) is 18.5. The lowest BCUT2D eigenvalue weighted by Crippen LogP contribution is -2.47. The molecule has 0 amide bonds. The van der Waals surface area contributed by atoms with Crippen molar-refractivity contribution in [3.8, 4) is 11.3 Å². The second-order valence-electron chi connectivity index (χ2n) is 14.7. The molecule has 0 aliphatic carbocycles. The summed E-state index contributed by atoms with van der Waals surface area (Å²) in [4.78, 5) is 19.9. The van der Waals surface area contributed by atoms with E-state index in [0.717, 1.165) is 96.5 Å². The summed E-state index contributed by atoms with van der Waals surface area (Å²) < 4.78 is 29.1. The molecule has 0 radical (unpaired) electrons. The van der Waals surface area contributed by atoms with Crippen LogP contribution in [0.15, 0.2) is 66.9 Å². The first kappa shape index (κ1) is 35.8. The van der Waals surface area contributed by atoms with Gasteiger partial charge in [-0.05, 0) is 94.4 Å². The summed E-state index contributed by atoms with van der Waals surface area (Å²) in [5.74, 6) is 1.43. The van der Waals surface area contributed by atoms with Crippen LogP contribution in [0.25, 0.3) is 11.3 Å². The van der Waals surface area contributed by atoms with Crippen LogP contribution in [0.4, 0.5) is 37.5 Å². The van der Waals surface area contributed by atoms with Crippen LogP contribution < -0.4 is 25.6 Å². The smallest absolute Gasteiger partial charge is 0.137 e. The number of aromatic nitrogens is 2. The minimum Gasteiger partial charge on any atom is -0.353 e. The molecule has 7 rings (SSSR count). The third-order valence-corrected chi connectivity index (χ3v) is 10.7. The SMILES string of the molecule is C=C(C)N1CC(CC)CN(C)CC(CC)N(c2nc3c(c4c2CNN4c2ccc(F)cc2)CN(C)C3)CNc2cccc(n2)-c2cc(F)cc(C)c21. The molecule has 0 fully saturated rings. The van der Waals surface area contributed by atoms with E-state index in [9.17, 15) is 4.39 Å². The monoisotopic (exact) mass is 707 g/mol. The second-order valence-corrected chi connectivity index (χ2v) is 14.7. The lowest BCUT2D eigenvalue weighted by Gasteiger charge is -2.38. The van der Waals surface area contributed by atoms with E-state index in [1.807, 2.05) is 44.2 Å². The van der Waals surface area contributed by atoms with Gasteiger partial charge in [0.05, 0.1) is 35.1 Å². The quantitative estimate of drug-likeness (QED) is 0.216.